The van der Waals surface area contributed by atoms with Gasteiger partial charge in [-0.3, -0.25) is 9.20 Å². The molecular weight excluding hydrogens is 166 g/mol. The first-order valence-corrected chi connectivity index (χ1v) is 4.00. The van der Waals surface area contributed by atoms with Crippen molar-refractivity contribution in [3.05, 3.63) is 40.2 Å². The third-order valence-corrected chi connectivity index (χ3v) is 2.10. The van der Waals surface area contributed by atoms with Gasteiger partial charge in [-0.1, -0.05) is 0 Å². The number of hydrogen-bond acceptors (Lipinski definition) is 3. The lowest BCUT2D eigenvalue weighted by Crippen LogP contribution is -2.19. The average Bonchev–Trinajstić information content (AvgIpc) is 2.15. The van der Waals surface area contributed by atoms with Crippen LogP contribution in [0.1, 0.15) is 11.3 Å². The lowest BCUT2D eigenvalue weighted by molar-refractivity contribution is 0.949. The van der Waals surface area contributed by atoms with Gasteiger partial charge < -0.3 is 0 Å². The summed E-state index contributed by atoms with van der Waals surface area (Å²) in [5, 5.41) is 0. The second kappa shape index (κ2) is 2.65. The number of rotatable bonds is 0. The van der Waals surface area contributed by atoms with E-state index in [1.807, 2.05) is 6.92 Å². The standard InChI is InChI=1S/C9H9N3O/c1-6-7(2)11-8-3-4-10-5-12(8)9(6)13/h3-5H,1-2H3. The molecule has 0 aliphatic heterocycles. The molecule has 0 bridgehead atoms. The van der Waals surface area contributed by atoms with Crippen LogP contribution in [0.25, 0.3) is 5.65 Å². The zero-order chi connectivity index (χ0) is 9.42. The van der Waals surface area contributed by atoms with Crippen molar-refractivity contribution in [3.8, 4) is 0 Å². The van der Waals surface area contributed by atoms with Crippen molar-refractivity contribution < 1.29 is 0 Å². The molecule has 2 rings (SSSR count). The summed E-state index contributed by atoms with van der Waals surface area (Å²) in [5.41, 5.74) is 2.04. The largest absolute Gasteiger partial charge is 0.269 e. The van der Waals surface area contributed by atoms with Gasteiger partial charge in [-0.15, -0.1) is 0 Å². The Labute approximate surface area is 74.9 Å². The maximum absolute atomic E-state index is 11.6. The lowest BCUT2D eigenvalue weighted by atomic mass is 10.3. The Kier molecular flexibility index (Phi) is 1.62. The molecule has 0 aliphatic rings. The second-order valence-corrected chi connectivity index (χ2v) is 2.94. The Hall–Kier alpha value is -1.71. The van der Waals surface area contributed by atoms with Gasteiger partial charge in [0.2, 0.25) is 0 Å². The Morgan fingerprint density at radius 3 is 2.92 bits per heavy atom. The summed E-state index contributed by atoms with van der Waals surface area (Å²) in [6.07, 6.45) is 3.10. The van der Waals surface area contributed by atoms with Crippen molar-refractivity contribution >= 4 is 5.65 Å². The predicted octanol–water partition coefficient (Wildman–Crippen LogP) is 0.706. The van der Waals surface area contributed by atoms with Gasteiger partial charge in [-0.2, -0.15) is 0 Å². The van der Waals surface area contributed by atoms with E-state index < -0.39 is 0 Å². The Morgan fingerprint density at radius 2 is 2.15 bits per heavy atom. The number of nitrogens with zero attached hydrogens (tertiary/aromatic N) is 3. The van der Waals surface area contributed by atoms with Gasteiger partial charge in [-0.25, -0.2) is 9.97 Å². The molecule has 0 spiro atoms. The highest BCUT2D eigenvalue weighted by Gasteiger charge is 2.03. The van der Waals surface area contributed by atoms with Crippen LogP contribution < -0.4 is 5.56 Å². The van der Waals surface area contributed by atoms with Crippen LogP contribution in [0, 0.1) is 13.8 Å². The molecule has 2 aromatic heterocycles. The molecule has 0 unspecified atom stereocenters. The summed E-state index contributed by atoms with van der Waals surface area (Å²) in [6, 6.07) is 1.72. The van der Waals surface area contributed by atoms with Crippen molar-refractivity contribution in [1.82, 2.24) is 14.4 Å². The molecule has 4 nitrogen and oxygen atoms in total. The molecule has 0 N–H and O–H groups in total. The SMILES string of the molecule is Cc1nc2ccncn2c(=O)c1C. The maximum atomic E-state index is 11.6. The van der Waals surface area contributed by atoms with Crippen molar-refractivity contribution in [1.29, 1.82) is 0 Å². The van der Waals surface area contributed by atoms with Gasteiger partial charge >= 0.3 is 0 Å². The zero-order valence-electron chi connectivity index (χ0n) is 7.48. The Bertz CT molecular complexity index is 516. The molecule has 0 saturated heterocycles. The summed E-state index contributed by atoms with van der Waals surface area (Å²) in [5.74, 6) is 0. The summed E-state index contributed by atoms with van der Waals surface area (Å²) in [6.45, 7) is 3.60. The molecule has 0 fully saturated rings. The van der Waals surface area contributed by atoms with Crippen LogP contribution in [0.15, 0.2) is 23.4 Å². The van der Waals surface area contributed by atoms with Crippen LogP contribution in [-0.2, 0) is 0 Å². The molecule has 0 aromatic carbocycles. The highest BCUT2D eigenvalue weighted by atomic mass is 16.1. The van der Waals surface area contributed by atoms with E-state index in [2.05, 4.69) is 9.97 Å². The molecule has 0 aliphatic carbocycles. The Morgan fingerprint density at radius 1 is 1.38 bits per heavy atom. The fourth-order valence-corrected chi connectivity index (χ4v) is 1.19. The molecule has 0 amide bonds. The summed E-state index contributed by atoms with van der Waals surface area (Å²) in [4.78, 5) is 19.8. The van der Waals surface area contributed by atoms with Crippen LogP contribution >= 0.6 is 0 Å². The van der Waals surface area contributed by atoms with E-state index >= 15 is 0 Å². The molecule has 66 valence electrons. The van der Waals surface area contributed by atoms with E-state index in [0.717, 1.165) is 5.69 Å². The third kappa shape index (κ3) is 1.11. The minimum atomic E-state index is -0.0457. The summed E-state index contributed by atoms with van der Waals surface area (Å²) < 4.78 is 1.45. The first-order chi connectivity index (χ1) is 6.20. The highest BCUT2D eigenvalue weighted by molar-refractivity contribution is 5.38. The topological polar surface area (TPSA) is 47.3 Å². The average molecular weight is 175 g/mol. The van der Waals surface area contributed by atoms with E-state index in [0.29, 0.717) is 11.2 Å². The van der Waals surface area contributed by atoms with Crippen molar-refractivity contribution in [3.63, 3.8) is 0 Å². The van der Waals surface area contributed by atoms with Crippen LogP contribution in [-0.4, -0.2) is 14.4 Å². The third-order valence-electron chi connectivity index (χ3n) is 2.10. The normalized spacial score (nSPS) is 10.6. The van der Waals surface area contributed by atoms with Crippen LogP contribution in [0.5, 0.6) is 0 Å². The minimum absolute atomic E-state index is 0.0457. The molecule has 0 atom stereocenters. The first-order valence-electron chi connectivity index (χ1n) is 4.00. The van der Waals surface area contributed by atoms with Crippen LogP contribution in [0.3, 0.4) is 0 Å². The van der Waals surface area contributed by atoms with Crippen molar-refractivity contribution in [2.45, 2.75) is 13.8 Å². The number of aryl methyl sites for hydroxylation is 1. The lowest BCUT2D eigenvalue weighted by Gasteiger charge is -2.02. The predicted molar refractivity (Wildman–Crippen MR) is 48.7 cm³/mol. The number of aromatic nitrogens is 3. The molecule has 0 saturated carbocycles. The monoisotopic (exact) mass is 175 g/mol. The van der Waals surface area contributed by atoms with E-state index in [1.165, 1.54) is 10.7 Å². The second-order valence-electron chi connectivity index (χ2n) is 2.94. The molecule has 13 heavy (non-hydrogen) atoms. The molecule has 2 heterocycles. The van der Waals surface area contributed by atoms with Crippen molar-refractivity contribution in [2.75, 3.05) is 0 Å². The fraction of sp³-hybridized carbons (Fsp3) is 0.222. The number of hydrogen-bond donors (Lipinski definition) is 0. The molecule has 0 radical (unpaired) electrons. The van der Waals surface area contributed by atoms with Gasteiger partial charge in [0.1, 0.15) is 12.0 Å². The van der Waals surface area contributed by atoms with Gasteiger partial charge in [0, 0.05) is 17.5 Å². The van der Waals surface area contributed by atoms with Gasteiger partial charge in [-0.05, 0) is 19.9 Å². The minimum Gasteiger partial charge on any atom is -0.269 e. The molecule has 4 heteroatoms. The first kappa shape index (κ1) is 7.91. The van der Waals surface area contributed by atoms with Crippen LogP contribution in [0.4, 0.5) is 0 Å². The summed E-state index contributed by atoms with van der Waals surface area (Å²) >= 11 is 0. The highest BCUT2D eigenvalue weighted by Crippen LogP contribution is 1.99. The van der Waals surface area contributed by atoms with Crippen molar-refractivity contribution in [2.24, 2.45) is 0 Å². The number of fused-ring (bicyclic) bond motifs is 1. The van der Waals surface area contributed by atoms with Gasteiger partial charge in [0.25, 0.3) is 5.56 Å². The maximum Gasteiger partial charge on any atom is 0.262 e. The quantitative estimate of drug-likeness (QED) is 0.592. The molecule has 2 aromatic rings. The zero-order valence-corrected chi connectivity index (χ0v) is 7.48. The van der Waals surface area contributed by atoms with Gasteiger partial charge in [0.15, 0.2) is 0 Å². The van der Waals surface area contributed by atoms with E-state index in [9.17, 15) is 4.79 Å². The van der Waals surface area contributed by atoms with E-state index in [1.54, 1.807) is 19.2 Å². The van der Waals surface area contributed by atoms with Crippen LogP contribution in [0.2, 0.25) is 0 Å². The molecular formula is C9H9N3O. The summed E-state index contributed by atoms with van der Waals surface area (Å²) in [7, 11) is 0. The Balaban J connectivity index is 3.03. The fourth-order valence-electron chi connectivity index (χ4n) is 1.19. The van der Waals surface area contributed by atoms with Gasteiger partial charge in [0.05, 0.1) is 0 Å². The van der Waals surface area contributed by atoms with E-state index in [4.69, 9.17) is 0 Å². The van der Waals surface area contributed by atoms with E-state index in [-0.39, 0.29) is 5.56 Å². The smallest absolute Gasteiger partial charge is 0.262 e.